The average molecular weight is 444 g/mol. The molecule has 7 nitrogen and oxygen atoms in total. The van der Waals surface area contributed by atoms with Crippen LogP contribution in [0.1, 0.15) is 44.9 Å². The van der Waals surface area contributed by atoms with Gasteiger partial charge in [0, 0.05) is 37.3 Å². The van der Waals surface area contributed by atoms with Crippen molar-refractivity contribution in [1.82, 2.24) is 14.6 Å². The second kappa shape index (κ2) is 9.78. The predicted molar refractivity (Wildman–Crippen MR) is 117 cm³/mol. The fraction of sp³-hybridized carbons (Fsp3) is 0.478. The number of carbonyl (C=O) groups excluding carboxylic acids is 1. The van der Waals surface area contributed by atoms with E-state index in [1.807, 2.05) is 18.2 Å². The highest BCUT2D eigenvalue weighted by molar-refractivity contribution is 7.89. The van der Waals surface area contributed by atoms with E-state index in [4.69, 9.17) is 4.74 Å². The molecule has 0 spiro atoms. The van der Waals surface area contributed by atoms with E-state index in [1.165, 1.54) is 23.1 Å². The normalized spacial score (nSPS) is 20.8. The van der Waals surface area contributed by atoms with E-state index in [0.717, 1.165) is 32.1 Å². The molecule has 0 bridgehead atoms. The lowest BCUT2D eigenvalue weighted by atomic mass is 9.88. The molecule has 1 amide bonds. The van der Waals surface area contributed by atoms with Gasteiger partial charge in [0.25, 0.3) is 0 Å². The molecule has 2 aliphatic rings. The molecule has 1 unspecified atom stereocenters. The first-order valence-electron chi connectivity index (χ1n) is 11.0. The Morgan fingerprint density at radius 1 is 1.03 bits per heavy atom. The molecule has 31 heavy (non-hydrogen) atoms. The third-order valence-corrected chi connectivity index (χ3v) is 7.92. The summed E-state index contributed by atoms with van der Waals surface area (Å²) in [6.07, 6.45) is 9.56. The number of amides is 1. The number of pyridine rings is 1. The van der Waals surface area contributed by atoms with Crippen molar-refractivity contribution in [1.29, 1.82) is 0 Å². The monoisotopic (exact) mass is 443 g/mol. The minimum atomic E-state index is -3.81. The number of rotatable bonds is 6. The SMILES string of the molecule is O=C(NC1CCCN(S(=O)(=O)c2cnccc2Oc2ccccc2)C1)C1CCCCC1. The van der Waals surface area contributed by atoms with Crippen molar-refractivity contribution >= 4 is 15.9 Å². The van der Waals surface area contributed by atoms with Crippen LogP contribution in [0.4, 0.5) is 0 Å². The zero-order valence-electron chi connectivity index (χ0n) is 17.6. The Bertz CT molecular complexity index is 991. The van der Waals surface area contributed by atoms with Crippen molar-refractivity contribution in [3.05, 3.63) is 48.8 Å². The number of hydrogen-bond acceptors (Lipinski definition) is 5. The maximum absolute atomic E-state index is 13.4. The highest BCUT2D eigenvalue weighted by Crippen LogP contribution is 2.31. The standard InChI is InChI=1S/C23H29N3O4S/c27-23(18-8-3-1-4-9-18)25-19-10-7-15-26(17-19)31(28,29)22-16-24-14-13-21(22)30-20-11-5-2-6-12-20/h2,5-6,11-14,16,18-19H,1,3-4,7-10,15,17H2,(H,25,27). The Labute approximate surface area is 183 Å². The Balaban J connectivity index is 1.48. The summed E-state index contributed by atoms with van der Waals surface area (Å²) in [5, 5.41) is 3.10. The molecular formula is C23H29N3O4S. The van der Waals surface area contributed by atoms with Crippen molar-refractivity contribution in [2.75, 3.05) is 13.1 Å². The first-order chi connectivity index (χ1) is 15.0. The van der Waals surface area contributed by atoms with Gasteiger partial charge in [-0.3, -0.25) is 9.78 Å². The number of piperidine rings is 1. The smallest absolute Gasteiger partial charge is 0.248 e. The van der Waals surface area contributed by atoms with Crippen LogP contribution in [0.5, 0.6) is 11.5 Å². The van der Waals surface area contributed by atoms with Gasteiger partial charge in [0.1, 0.15) is 10.6 Å². The molecule has 2 heterocycles. The van der Waals surface area contributed by atoms with Gasteiger partial charge in [-0.1, -0.05) is 37.5 Å². The topological polar surface area (TPSA) is 88.6 Å². The number of aromatic nitrogens is 1. The van der Waals surface area contributed by atoms with Gasteiger partial charge < -0.3 is 10.1 Å². The highest BCUT2D eigenvalue weighted by atomic mass is 32.2. The molecule has 1 aliphatic carbocycles. The van der Waals surface area contributed by atoms with Gasteiger partial charge in [-0.2, -0.15) is 4.31 Å². The Morgan fingerprint density at radius 3 is 2.58 bits per heavy atom. The zero-order chi connectivity index (χ0) is 21.7. The zero-order valence-corrected chi connectivity index (χ0v) is 18.4. The molecular weight excluding hydrogens is 414 g/mol. The number of nitrogens with one attached hydrogen (secondary N) is 1. The molecule has 0 radical (unpaired) electrons. The molecule has 2 fully saturated rings. The van der Waals surface area contributed by atoms with Gasteiger partial charge in [0.05, 0.1) is 6.20 Å². The van der Waals surface area contributed by atoms with Crippen molar-refractivity contribution < 1.29 is 17.9 Å². The van der Waals surface area contributed by atoms with Gasteiger partial charge in [-0.25, -0.2) is 8.42 Å². The lowest BCUT2D eigenvalue weighted by Gasteiger charge is -2.33. The van der Waals surface area contributed by atoms with E-state index in [1.54, 1.807) is 18.2 Å². The third kappa shape index (κ3) is 5.25. The summed E-state index contributed by atoms with van der Waals surface area (Å²) in [4.78, 5) is 16.7. The summed E-state index contributed by atoms with van der Waals surface area (Å²) in [6.45, 7) is 0.679. The maximum Gasteiger partial charge on any atom is 0.248 e. The Hall–Kier alpha value is -2.45. The number of carbonyl (C=O) groups is 1. The average Bonchev–Trinajstić information content (AvgIpc) is 2.81. The maximum atomic E-state index is 13.4. The number of sulfonamides is 1. The van der Waals surface area contributed by atoms with Crippen LogP contribution in [-0.4, -0.2) is 42.7 Å². The number of hydrogen-bond donors (Lipinski definition) is 1. The van der Waals surface area contributed by atoms with E-state index in [-0.39, 0.29) is 35.1 Å². The van der Waals surface area contributed by atoms with Crippen LogP contribution in [0.25, 0.3) is 0 Å². The van der Waals surface area contributed by atoms with Crippen LogP contribution in [-0.2, 0) is 14.8 Å². The molecule has 166 valence electrons. The van der Waals surface area contributed by atoms with Crippen LogP contribution in [0.2, 0.25) is 0 Å². The summed E-state index contributed by atoms with van der Waals surface area (Å²) in [5.74, 6) is 0.930. The molecule has 4 rings (SSSR count). The lowest BCUT2D eigenvalue weighted by molar-refractivity contribution is -0.126. The highest BCUT2D eigenvalue weighted by Gasteiger charge is 2.34. The van der Waals surface area contributed by atoms with Crippen molar-refractivity contribution in [3.8, 4) is 11.5 Å². The summed E-state index contributed by atoms with van der Waals surface area (Å²) in [5.41, 5.74) is 0. The van der Waals surface area contributed by atoms with Gasteiger partial charge >= 0.3 is 0 Å². The van der Waals surface area contributed by atoms with Crippen LogP contribution in [0, 0.1) is 5.92 Å². The number of benzene rings is 1. The minimum absolute atomic E-state index is 0.0399. The van der Waals surface area contributed by atoms with Crippen LogP contribution in [0.15, 0.2) is 53.7 Å². The van der Waals surface area contributed by atoms with E-state index in [9.17, 15) is 13.2 Å². The summed E-state index contributed by atoms with van der Waals surface area (Å²) in [6, 6.07) is 10.5. The molecule has 1 N–H and O–H groups in total. The van der Waals surface area contributed by atoms with Crippen LogP contribution >= 0.6 is 0 Å². The second-order valence-electron chi connectivity index (χ2n) is 8.28. The largest absolute Gasteiger partial charge is 0.456 e. The number of para-hydroxylation sites is 1. The molecule has 8 heteroatoms. The summed E-state index contributed by atoms with van der Waals surface area (Å²) < 4.78 is 34.1. The lowest BCUT2D eigenvalue weighted by Crippen LogP contribution is -2.50. The molecule has 1 aromatic carbocycles. The number of nitrogens with zero attached hydrogens (tertiary/aromatic N) is 2. The van der Waals surface area contributed by atoms with E-state index < -0.39 is 10.0 Å². The fourth-order valence-electron chi connectivity index (χ4n) is 4.36. The van der Waals surface area contributed by atoms with Gasteiger partial charge in [-0.15, -0.1) is 0 Å². The third-order valence-electron chi connectivity index (χ3n) is 6.04. The van der Waals surface area contributed by atoms with Gasteiger partial charge in [-0.05, 0) is 37.8 Å². The predicted octanol–water partition coefficient (Wildman–Crippen LogP) is 3.72. The quantitative estimate of drug-likeness (QED) is 0.735. The van der Waals surface area contributed by atoms with Gasteiger partial charge in [0.15, 0.2) is 5.75 Å². The van der Waals surface area contributed by atoms with Crippen molar-refractivity contribution in [2.45, 2.75) is 55.9 Å². The van der Waals surface area contributed by atoms with E-state index >= 15 is 0 Å². The molecule has 1 saturated carbocycles. The molecule has 1 atom stereocenters. The number of ether oxygens (including phenoxy) is 1. The minimum Gasteiger partial charge on any atom is -0.456 e. The fourth-order valence-corrected chi connectivity index (χ4v) is 5.94. The molecule has 1 aromatic heterocycles. The van der Waals surface area contributed by atoms with Crippen molar-refractivity contribution in [3.63, 3.8) is 0 Å². The summed E-state index contributed by atoms with van der Waals surface area (Å²) >= 11 is 0. The molecule has 1 aliphatic heterocycles. The van der Waals surface area contributed by atoms with E-state index in [2.05, 4.69) is 10.3 Å². The molecule has 2 aromatic rings. The van der Waals surface area contributed by atoms with Crippen LogP contribution in [0.3, 0.4) is 0 Å². The Morgan fingerprint density at radius 2 is 1.81 bits per heavy atom. The summed E-state index contributed by atoms with van der Waals surface area (Å²) in [7, 11) is -3.81. The van der Waals surface area contributed by atoms with Crippen LogP contribution < -0.4 is 10.1 Å². The molecule has 1 saturated heterocycles. The van der Waals surface area contributed by atoms with E-state index in [0.29, 0.717) is 18.7 Å². The van der Waals surface area contributed by atoms with Gasteiger partial charge in [0.2, 0.25) is 15.9 Å². The Kier molecular flexibility index (Phi) is 6.87. The first-order valence-corrected chi connectivity index (χ1v) is 12.5. The first kappa shape index (κ1) is 21.8. The van der Waals surface area contributed by atoms with Crippen molar-refractivity contribution in [2.24, 2.45) is 5.92 Å². The second-order valence-corrected chi connectivity index (χ2v) is 10.2.